The quantitative estimate of drug-likeness (QED) is 0.517. The van der Waals surface area contributed by atoms with E-state index >= 15 is 0 Å². The molecule has 12 nitrogen and oxygen atoms in total. The van der Waals surface area contributed by atoms with Crippen molar-refractivity contribution in [3.05, 3.63) is 51.8 Å². The topological polar surface area (TPSA) is 140 Å². The zero-order valence-electron chi connectivity index (χ0n) is 18.7. The first-order valence-corrected chi connectivity index (χ1v) is 10.5. The SMILES string of the molecule is CCOC(=O)N1CCN(C(=O)C(C)n2cc(NC(=O)c3ccccc3[N+](=O)[O-])c(C)n2)CC1. The molecule has 1 N–H and O–H groups in total. The molecule has 3 amide bonds. The van der Waals surface area contributed by atoms with E-state index in [4.69, 9.17) is 4.74 Å². The number of carbonyl (C=O) groups is 3. The van der Waals surface area contributed by atoms with Gasteiger partial charge in [-0.1, -0.05) is 12.1 Å². The number of hydrogen-bond acceptors (Lipinski definition) is 7. The third-order valence-electron chi connectivity index (χ3n) is 5.38. The number of aryl methyl sites for hydroxylation is 1. The number of hydrogen-bond donors (Lipinski definition) is 1. The molecule has 33 heavy (non-hydrogen) atoms. The predicted molar refractivity (Wildman–Crippen MR) is 118 cm³/mol. The van der Waals surface area contributed by atoms with Crippen molar-refractivity contribution in [1.82, 2.24) is 19.6 Å². The molecule has 1 fully saturated rings. The van der Waals surface area contributed by atoms with Gasteiger partial charge in [0.2, 0.25) is 5.91 Å². The number of benzene rings is 1. The van der Waals surface area contributed by atoms with Crippen molar-refractivity contribution in [3.8, 4) is 0 Å². The number of nitrogens with zero attached hydrogens (tertiary/aromatic N) is 5. The number of nitro groups is 1. The summed E-state index contributed by atoms with van der Waals surface area (Å²) in [5.74, 6) is -0.809. The molecule has 2 aromatic rings. The van der Waals surface area contributed by atoms with Crippen LogP contribution in [0.25, 0.3) is 0 Å². The van der Waals surface area contributed by atoms with E-state index in [1.807, 2.05) is 0 Å². The lowest BCUT2D eigenvalue weighted by molar-refractivity contribution is -0.385. The number of amides is 3. The molecule has 176 valence electrons. The summed E-state index contributed by atoms with van der Waals surface area (Å²) in [6.45, 7) is 6.92. The molecule has 0 aliphatic carbocycles. The van der Waals surface area contributed by atoms with E-state index in [9.17, 15) is 24.5 Å². The third-order valence-corrected chi connectivity index (χ3v) is 5.38. The summed E-state index contributed by atoms with van der Waals surface area (Å²) in [5, 5.41) is 18.2. The predicted octanol–water partition coefficient (Wildman–Crippen LogP) is 2.21. The molecule has 0 radical (unpaired) electrons. The monoisotopic (exact) mass is 458 g/mol. The summed E-state index contributed by atoms with van der Waals surface area (Å²) in [6, 6.07) is 5.01. The molecule has 1 aliphatic rings. The van der Waals surface area contributed by atoms with Crippen LogP contribution < -0.4 is 5.32 Å². The second kappa shape index (κ2) is 10.1. The van der Waals surface area contributed by atoms with E-state index in [0.717, 1.165) is 0 Å². The van der Waals surface area contributed by atoms with Gasteiger partial charge >= 0.3 is 6.09 Å². The maximum atomic E-state index is 13.0. The molecular formula is C21H26N6O6. The summed E-state index contributed by atoms with van der Waals surface area (Å²) in [6.07, 6.45) is 1.14. The first kappa shape index (κ1) is 23.7. The summed E-state index contributed by atoms with van der Waals surface area (Å²) in [5.41, 5.74) is 0.447. The molecule has 0 bridgehead atoms. The highest BCUT2D eigenvalue weighted by molar-refractivity contribution is 6.07. The number of anilines is 1. The summed E-state index contributed by atoms with van der Waals surface area (Å²) < 4.78 is 6.44. The van der Waals surface area contributed by atoms with Crippen LogP contribution >= 0.6 is 0 Å². The lowest BCUT2D eigenvalue weighted by Gasteiger charge is -2.35. The third kappa shape index (κ3) is 5.27. The molecule has 1 saturated heterocycles. The van der Waals surface area contributed by atoms with E-state index in [-0.39, 0.29) is 23.3 Å². The highest BCUT2D eigenvalue weighted by Crippen LogP contribution is 2.22. The molecule has 3 rings (SSSR count). The van der Waals surface area contributed by atoms with Crippen LogP contribution in [-0.2, 0) is 9.53 Å². The Labute approximate surface area is 190 Å². The molecule has 1 aliphatic heterocycles. The fraction of sp³-hybridized carbons (Fsp3) is 0.429. The van der Waals surface area contributed by atoms with Gasteiger partial charge in [-0.2, -0.15) is 5.10 Å². The van der Waals surface area contributed by atoms with Crippen LogP contribution in [0.1, 0.15) is 35.9 Å². The number of nitro benzene ring substituents is 1. The molecule has 12 heteroatoms. The second-order valence-electron chi connectivity index (χ2n) is 7.52. The first-order chi connectivity index (χ1) is 15.7. The number of ether oxygens (including phenoxy) is 1. The Balaban J connectivity index is 1.66. The number of para-hydroxylation sites is 1. The molecule has 1 unspecified atom stereocenters. The smallest absolute Gasteiger partial charge is 0.409 e. The molecule has 2 heterocycles. The Morgan fingerprint density at radius 3 is 2.45 bits per heavy atom. The van der Waals surface area contributed by atoms with Gasteiger partial charge in [-0.25, -0.2) is 4.79 Å². The Morgan fingerprint density at radius 2 is 1.82 bits per heavy atom. The van der Waals surface area contributed by atoms with Crippen LogP contribution in [0.5, 0.6) is 0 Å². The maximum Gasteiger partial charge on any atom is 0.409 e. The van der Waals surface area contributed by atoms with Gasteiger partial charge in [-0.15, -0.1) is 0 Å². The number of piperazine rings is 1. The largest absolute Gasteiger partial charge is 0.450 e. The van der Waals surface area contributed by atoms with Crippen molar-refractivity contribution in [2.75, 3.05) is 38.1 Å². The number of carbonyl (C=O) groups excluding carboxylic acids is 3. The summed E-state index contributed by atoms with van der Waals surface area (Å²) >= 11 is 0. The van der Waals surface area contributed by atoms with Gasteiger partial charge in [0.1, 0.15) is 11.6 Å². The van der Waals surface area contributed by atoms with Gasteiger partial charge in [0.25, 0.3) is 11.6 Å². The summed E-state index contributed by atoms with van der Waals surface area (Å²) in [7, 11) is 0. The van der Waals surface area contributed by atoms with Crippen LogP contribution in [0.2, 0.25) is 0 Å². The molecule has 1 atom stereocenters. The number of nitrogens with one attached hydrogen (secondary N) is 1. The Kier molecular flexibility index (Phi) is 7.26. The first-order valence-electron chi connectivity index (χ1n) is 10.5. The Bertz CT molecular complexity index is 1060. The average molecular weight is 458 g/mol. The van der Waals surface area contributed by atoms with Gasteiger partial charge in [0.05, 0.1) is 22.9 Å². The Morgan fingerprint density at radius 1 is 1.18 bits per heavy atom. The normalized spacial score (nSPS) is 14.5. The lowest BCUT2D eigenvalue weighted by atomic mass is 10.1. The lowest BCUT2D eigenvalue weighted by Crippen LogP contribution is -2.52. The minimum absolute atomic E-state index is 0.0711. The van der Waals surface area contributed by atoms with Gasteiger partial charge in [-0.05, 0) is 26.8 Å². The van der Waals surface area contributed by atoms with Gasteiger partial charge in [0.15, 0.2) is 0 Å². The molecule has 1 aromatic carbocycles. The van der Waals surface area contributed by atoms with Crippen molar-refractivity contribution >= 4 is 29.3 Å². The van der Waals surface area contributed by atoms with Crippen molar-refractivity contribution in [1.29, 1.82) is 0 Å². The van der Waals surface area contributed by atoms with E-state index in [1.165, 1.54) is 29.1 Å². The fourth-order valence-electron chi connectivity index (χ4n) is 3.52. The summed E-state index contributed by atoms with van der Waals surface area (Å²) in [4.78, 5) is 51.2. The average Bonchev–Trinajstić information content (AvgIpc) is 3.18. The van der Waals surface area contributed by atoms with Crippen LogP contribution in [0, 0.1) is 17.0 Å². The molecule has 0 saturated carbocycles. The van der Waals surface area contributed by atoms with Crippen LogP contribution in [0.4, 0.5) is 16.2 Å². The molecular weight excluding hydrogens is 432 g/mol. The van der Waals surface area contributed by atoms with Gasteiger partial charge in [0, 0.05) is 38.4 Å². The van der Waals surface area contributed by atoms with Crippen LogP contribution in [0.3, 0.4) is 0 Å². The zero-order valence-corrected chi connectivity index (χ0v) is 18.7. The van der Waals surface area contributed by atoms with Gasteiger partial charge < -0.3 is 19.9 Å². The standard InChI is InChI=1S/C21H26N6O6/c1-4-33-21(30)25-11-9-24(10-12-25)20(29)15(3)26-13-17(14(2)23-26)22-19(28)16-7-5-6-8-18(16)27(31)32/h5-8,13,15H,4,9-12H2,1-3H3,(H,22,28). The molecule has 0 spiro atoms. The van der Waals surface area contributed by atoms with Crippen LogP contribution in [-0.4, -0.2) is 75.2 Å². The fourth-order valence-corrected chi connectivity index (χ4v) is 3.52. The maximum absolute atomic E-state index is 13.0. The minimum Gasteiger partial charge on any atom is -0.450 e. The zero-order chi connectivity index (χ0) is 24.1. The van der Waals surface area contributed by atoms with Gasteiger partial charge in [-0.3, -0.25) is 24.4 Å². The minimum atomic E-state index is -0.644. The highest BCUT2D eigenvalue weighted by atomic mass is 16.6. The number of rotatable bonds is 6. The Hall–Kier alpha value is -3.96. The van der Waals surface area contributed by atoms with Crippen molar-refractivity contribution < 1.29 is 24.0 Å². The van der Waals surface area contributed by atoms with Crippen molar-refractivity contribution in [3.63, 3.8) is 0 Å². The van der Waals surface area contributed by atoms with E-state index in [0.29, 0.717) is 44.2 Å². The van der Waals surface area contributed by atoms with Crippen molar-refractivity contribution in [2.45, 2.75) is 26.8 Å². The van der Waals surface area contributed by atoms with E-state index in [2.05, 4.69) is 10.4 Å². The number of aromatic nitrogens is 2. The van der Waals surface area contributed by atoms with Crippen LogP contribution in [0.15, 0.2) is 30.5 Å². The van der Waals surface area contributed by atoms with E-state index in [1.54, 1.807) is 36.6 Å². The molecule has 1 aromatic heterocycles. The van der Waals surface area contributed by atoms with Crippen molar-refractivity contribution in [2.24, 2.45) is 0 Å². The highest BCUT2D eigenvalue weighted by Gasteiger charge is 2.29. The second-order valence-corrected chi connectivity index (χ2v) is 7.52. The van der Waals surface area contributed by atoms with E-state index < -0.39 is 16.9 Å².